The molecule has 1 aromatic heterocycles. The maximum absolute atomic E-state index is 12.3. The molecule has 0 spiro atoms. The molecule has 3 rings (SSSR count). The second-order valence-corrected chi connectivity index (χ2v) is 5.96. The Kier molecular flexibility index (Phi) is 5.48. The Labute approximate surface area is 155 Å². The Morgan fingerprint density at radius 1 is 0.960 bits per heavy atom. The number of anilines is 2. The number of hydrogen-bond acceptors (Lipinski definition) is 4. The summed E-state index contributed by atoms with van der Waals surface area (Å²) in [5, 5.41) is 6.93. The van der Waals surface area contributed by atoms with Crippen molar-refractivity contribution in [1.82, 2.24) is 15.3 Å². The van der Waals surface area contributed by atoms with Crippen LogP contribution in [0.4, 0.5) is 11.6 Å². The van der Waals surface area contributed by atoms with Gasteiger partial charge in [-0.05, 0) is 29.8 Å². The van der Waals surface area contributed by atoms with E-state index in [1.165, 1.54) is 6.20 Å². The number of hydrogen-bond donors (Lipinski definition) is 2. The minimum absolute atomic E-state index is 0.247. The van der Waals surface area contributed by atoms with Crippen molar-refractivity contribution in [3.8, 4) is 0 Å². The zero-order chi connectivity index (χ0) is 17.6. The molecule has 0 atom stereocenters. The van der Waals surface area contributed by atoms with Gasteiger partial charge in [0.1, 0.15) is 5.69 Å². The number of nitrogens with zero attached hydrogens (tertiary/aromatic N) is 2. The van der Waals surface area contributed by atoms with Crippen LogP contribution in [0, 0.1) is 0 Å². The highest BCUT2D eigenvalue weighted by atomic mass is 35.5. The van der Waals surface area contributed by atoms with Crippen molar-refractivity contribution in [2.45, 2.75) is 6.54 Å². The van der Waals surface area contributed by atoms with Gasteiger partial charge in [-0.1, -0.05) is 53.5 Å². The molecule has 3 aromatic rings. The lowest BCUT2D eigenvalue weighted by Gasteiger charge is -2.09. The third-order valence-corrected chi connectivity index (χ3v) is 4.10. The molecule has 0 saturated heterocycles. The molecule has 0 saturated carbocycles. The van der Waals surface area contributed by atoms with Gasteiger partial charge in [0.2, 0.25) is 5.95 Å². The molecule has 1 heterocycles. The first kappa shape index (κ1) is 17.2. The monoisotopic (exact) mass is 372 g/mol. The minimum Gasteiger partial charge on any atom is -0.347 e. The van der Waals surface area contributed by atoms with Gasteiger partial charge in [-0.15, -0.1) is 0 Å². The van der Waals surface area contributed by atoms with Crippen LogP contribution < -0.4 is 10.6 Å². The number of nitrogens with one attached hydrogen (secondary N) is 2. The summed E-state index contributed by atoms with van der Waals surface area (Å²) in [6.45, 7) is 0.315. The van der Waals surface area contributed by atoms with Gasteiger partial charge in [0.25, 0.3) is 5.91 Å². The Morgan fingerprint density at radius 3 is 2.44 bits per heavy atom. The van der Waals surface area contributed by atoms with E-state index in [1.54, 1.807) is 24.3 Å². The number of amides is 1. The van der Waals surface area contributed by atoms with Crippen molar-refractivity contribution in [1.29, 1.82) is 0 Å². The van der Waals surface area contributed by atoms with Crippen LogP contribution in [-0.2, 0) is 6.54 Å². The highest BCUT2D eigenvalue weighted by molar-refractivity contribution is 6.33. The first-order valence-corrected chi connectivity index (χ1v) is 8.25. The van der Waals surface area contributed by atoms with Crippen LogP contribution in [-0.4, -0.2) is 15.9 Å². The van der Waals surface area contributed by atoms with Crippen molar-refractivity contribution in [3.05, 3.63) is 82.1 Å². The largest absolute Gasteiger partial charge is 0.347 e. The molecule has 25 heavy (non-hydrogen) atoms. The quantitative estimate of drug-likeness (QED) is 0.693. The fourth-order valence-electron chi connectivity index (χ4n) is 2.14. The van der Waals surface area contributed by atoms with E-state index in [0.29, 0.717) is 28.2 Å². The molecular weight excluding hydrogens is 359 g/mol. The molecule has 5 nitrogen and oxygen atoms in total. The summed E-state index contributed by atoms with van der Waals surface area (Å²) < 4.78 is 0. The van der Waals surface area contributed by atoms with Crippen LogP contribution in [0.2, 0.25) is 10.0 Å². The van der Waals surface area contributed by atoms with Crippen molar-refractivity contribution in [3.63, 3.8) is 0 Å². The van der Waals surface area contributed by atoms with E-state index in [2.05, 4.69) is 20.6 Å². The lowest BCUT2D eigenvalue weighted by Crippen LogP contribution is -2.24. The van der Waals surface area contributed by atoms with Gasteiger partial charge < -0.3 is 10.6 Å². The number of carbonyl (C=O) groups is 1. The average Bonchev–Trinajstić information content (AvgIpc) is 2.63. The molecule has 0 bridgehead atoms. The summed E-state index contributed by atoms with van der Waals surface area (Å²) in [5.41, 5.74) is 1.75. The van der Waals surface area contributed by atoms with Crippen LogP contribution in [0.3, 0.4) is 0 Å². The maximum Gasteiger partial charge on any atom is 0.270 e. The molecule has 0 aliphatic heterocycles. The third-order valence-electron chi connectivity index (χ3n) is 3.41. The topological polar surface area (TPSA) is 66.9 Å². The summed E-state index contributed by atoms with van der Waals surface area (Å²) in [4.78, 5) is 20.6. The zero-order valence-corrected chi connectivity index (χ0v) is 14.6. The van der Waals surface area contributed by atoms with Gasteiger partial charge in [-0.3, -0.25) is 4.79 Å². The number of para-hydroxylation sites is 1. The highest BCUT2D eigenvalue weighted by Gasteiger charge is 2.10. The fourth-order valence-corrected chi connectivity index (χ4v) is 2.52. The Hall–Kier alpha value is -2.63. The maximum atomic E-state index is 12.3. The fraction of sp³-hybridized carbons (Fsp3) is 0.0556. The van der Waals surface area contributed by atoms with Crippen LogP contribution in [0.5, 0.6) is 0 Å². The Balaban J connectivity index is 1.69. The van der Waals surface area contributed by atoms with Crippen LogP contribution in [0.1, 0.15) is 16.1 Å². The summed E-state index contributed by atoms with van der Waals surface area (Å²) in [6, 6.07) is 16.1. The lowest BCUT2D eigenvalue weighted by atomic mass is 10.2. The normalized spacial score (nSPS) is 10.3. The van der Waals surface area contributed by atoms with Crippen LogP contribution in [0.15, 0.2) is 60.8 Å². The summed E-state index contributed by atoms with van der Waals surface area (Å²) >= 11 is 12.2. The van der Waals surface area contributed by atoms with Gasteiger partial charge in [0.15, 0.2) is 0 Å². The molecule has 0 unspecified atom stereocenters. The molecule has 126 valence electrons. The minimum atomic E-state index is -0.315. The standard InChI is InChI=1S/C18H14Cl2N4O/c19-13-6-2-1-5-12(13)11-22-17(25)16-9-10-21-18(24-16)23-15-8-4-3-7-14(15)20/h1-10H,11H2,(H,22,25)(H,21,23,24). The third kappa shape index (κ3) is 4.47. The van der Waals surface area contributed by atoms with Crippen molar-refractivity contribution in [2.75, 3.05) is 5.32 Å². The molecule has 7 heteroatoms. The second-order valence-electron chi connectivity index (χ2n) is 5.14. The number of rotatable bonds is 5. The summed E-state index contributed by atoms with van der Waals surface area (Å²) in [5.74, 6) is -0.0250. The highest BCUT2D eigenvalue weighted by Crippen LogP contribution is 2.23. The average molecular weight is 373 g/mol. The van der Waals surface area contributed by atoms with Gasteiger partial charge in [-0.25, -0.2) is 9.97 Å². The number of aromatic nitrogens is 2. The predicted octanol–water partition coefficient (Wildman–Crippen LogP) is 4.46. The molecule has 2 N–H and O–H groups in total. The van der Waals surface area contributed by atoms with E-state index in [-0.39, 0.29) is 11.6 Å². The predicted molar refractivity (Wildman–Crippen MR) is 99.4 cm³/mol. The smallest absolute Gasteiger partial charge is 0.270 e. The Bertz CT molecular complexity index is 902. The van der Waals surface area contributed by atoms with E-state index in [4.69, 9.17) is 23.2 Å². The van der Waals surface area contributed by atoms with E-state index >= 15 is 0 Å². The van der Waals surface area contributed by atoms with Crippen molar-refractivity contribution >= 4 is 40.7 Å². The molecule has 0 radical (unpaired) electrons. The van der Waals surface area contributed by atoms with Gasteiger partial charge in [0, 0.05) is 17.8 Å². The lowest BCUT2D eigenvalue weighted by molar-refractivity contribution is 0.0946. The van der Waals surface area contributed by atoms with E-state index in [9.17, 15) is 4.79 Å². The number of carbonyl (C=O) groups excluding carboxylic acids is 1. The second kappa shape index (κ2) is 7.96. The molecule has 0 aliphatic carbocycles. The van der Waals surface area contributed by atoms with Crippen molar-refractivity contribution in [2.24, 2.45) is 0 Å². The van der Waals surface area contributed by atoms with E-state index < -0.39 is 0 Å². The van der Waals surface area contributed by atoms with Gasteiger partial charge in [-0.2, -0.15) is 0 Å². The molecule has 2 aromatic carbocycles. The Morgan fingerprint density at radius 2 is 1.68 bits per heavy atom. The van der Waals surface area contributed by atoms with E-state index in [0.717, 1.165) is 5.56 Å². The molecular formula is C18H14Cl2N4O. The first-order chi connectivity index (χ1) is 12.1. The summed E-state index contributed by atoms with van der Waals surface area (Å²) in [6.07, 6.45) is 1.51. The van der Waals surface area contributed by atoms with Gasteiger partial charge in [0.05, 0.1) is 10.7 Å². The van der Waals surface area contributed by atoms with Crippen molar-refractivity contribution < 1.29 is 4.79 Å². The SMILES string of the molecule is O=C(NCc1ccccc1Cl)c1ccnc(Nc2ccccc2Cl)n1. The van der Waals surface area contributed by atoms with Crippen LogP contribution >= 0.6 is 23.2 Å². The van der Waals surface area contributed by atoms with Crippen LogP contribution in [0.25, 0.3) is 0 Å². The number of benzene rings is 2. The zero-order valence-electron chi connectivity index (χ0n) is 13.0. The molecule has 1 amide bonds. The van der Waals surface area contributed by atoms with E-state index in [1.807, 2.05) is 30.3 Å². The van der Waals surface area contributed by atoms with Gasteiger partial charge >= 0.3 is 0 Å². The molecule has 0 aliphatic rings. The number of halogens is 2. The summed E-state index contributed by atoms with van der Waals surface area (Å²) in [7, 11) is 0. The first-order valence-electron chi connectivity index (χ1n) is 7.49. The molecule has 0 fully saturated rings.